The van der Waals surface area contributed by atoms with Gasteiger partial charge in [-0.3, -0.25) is 46.9 Å². The molecule has 0 saturated heterocycles. The number of para-hydroxylation sites is 3. The minimum Gasteiger partial charge on any atom is -0.496 e. The van der Waals surface area contributed by atoms with Crippen molar-refractivity contribution in [1.29, 1.82) is 0 Å². The average Bonchev–Trinajstić information content (AvgIpc) is 1.60. The summed E-state index contributed by atoms with van der Waals surface area (Å²) < 4.78 is 32.7. The van der Waals surface area contributed by atoms with E-state index in [1.165, 1.54) is 19.0 Å². The number of nitrogen functional groups attached to an aromatic ring is 5. The van der Waals surface area contributed by atoms with E-state index in [4.69, 9.17) is 99.3 Å². The van der Waals surface area contributed by atoms with Crippen LogP contribution in [0.15, 0.2) is 239 Å². The van der Waals surface area contributed by atoms with Gasteiger partial charge in [0.1, 0.15) is 93.6 Å². The number of pyridine rings is 5. The summed E-state index contributed by atoms with van der Waals surface area (Å²) in [5, 5.41) is 13.6. The minimum atomic E-state index is -0.323. The lowest BCUT2D eigenvalue weighted by atomic mass is 9.91. The molecule has 5 atom stereocenters. The summed E-state index contributed by atoms with van der Waals surface area (Å²) >= 11 is 29.6. The molecule has 1 aliphatic carbocycles. The molecule has 33 nitrogen and oxygen atoms in total. The summed E-state index contributed by atoms with van der Waals surface area (Å²) in [4.78, 5) is 91.6. The summed E-state index contributed by atoms with van der Waals surface area (Å²) in [6, 6.07) is 44.9. The molecule has 0 amide bonds. The van der Waals surface area contributed by atoms with Gasteiger partial charge in [0, 0.05) is 156 Å². The number of halogens is 5. The number of nitrogens with two attached hydrogens (primary N) is 5. The zero-order valence-corrected chi connectivity index (χ0v) is 86.8. The van der Waals surface area contributed by atoms with E-state index < -0.39 is 0 Å². The number of hydrogen-bond acceptors (Lipinski definition) is 25. The van der Waals surface area contributed by atoms with Crippen molar-refractivity contribution in [3.63, 3.8) is 0 Å². The van der Waals surface area contributed by atoms with Crippen molar-refractivity contribution in [2.24, 2.45) is 0 Å². The maximum Gasteiger partial charge on any atom is 0.262 e. The van der Waals surface area contributed by atoms with Crippen LogP contribution in [0.3, 0.4) is 0 Å². The number of aromatic nitrogens is 22. The van der Waals surface area contributed by atoms with Crippen LogP contribution >= 0.6 is 62.3 Å². The SMILES string of the molecule is COc1c(C(C)c2nc(C)c3c(N)nccn23)cc(Cl)c(C)c1-c1cccnc1.COc1c(C(C)c2nc(C3CC3)c3c(N)nccn23)cc(Cl)c(C)c1-c1cccnc1.COc1cc(C(C)n2nc(C)c3c(N)ncnc32)n(-c2ccccc2)c(=O)c1C.Cc1c(Cl)cc(C(C)n2cc(Br)c3c(N)ncnc32)n(-c2ccccc2)c1=O.Cc1c(Cl)cc(C(C)n2nc(C)c3c(N)ncnc32)n(-c2ccccc2)c1=O. The third kappa shape index (κ3) is 19.1. The summed E-state index contributed by atoms with van der Waals surface area (Å²) in [5.41, 5.74) is 50.6. The Morgan fingerprint density at radius 3 is 1.22 bits per heavy atom. The van der Waals surface area contributed by atoms with Gasteiger partial charge in [-0.2, -0.15) is 10.2 Å². The van der Waals surface area contributed by atoms with E-state index in [1.54, 1.807) is 90.0 Å². The summed E-state index contributed by atoms with van der Waals surface area (Å²) in [6.45, 7) is 25.0. The van der Waals surface area contributed by atoms with Crippen LogP contribution in [0.1, 0.15) is 174 Å². The number of aryl methyl sites for hydroxylation is 3. The van der Waals surface area contributed by atoms with Crippen LogP contribution in [0.2, 0.25) is 20.1 Å². The Labute approximate surface area is 861 Å². The number of rotatable bonds is 19. The monoisotopic (exact) mass is 2080 g/mol. The normalized spacial score (nSPS) is 12.9. The number of imidazole rings is 2. The topological polar surface area (TPSA) is 428 Å². The van der Waals surface area contributed by atoms with Crippen LogP contribution in [-0.4, -0.2) is 128 Å². The van der Waals surface area contributed by atoms with E-state index >= 15 is 0 Å². The average molecular weight is 2090 g/mol. The number of methoxy groups -OCH3 is 3. The second-order valence-corrected chi connectivity index (χ2v) is 37.7. The molecule has 21 rings (SSSR count). The van der Waals surface area contributed by atoms with Gasteiger partial charge >= 0.3 is 0 Å². The highest BCUT2D eigenvalue weighted by Crippen LogP contribution is 2.49. The Balaban J connectivity index is 0.000000124. The Bertz CT molecular complexity index is 8330. The van der Waals surface area contributed by atoms with Crippen LogP contribution in [0.25, 0.3) is 83.4 Å². The van der Waals surface area contributed by atoms with Crippen molar-refractivity contribution in [3.05, 3.63) is 366 Å². The van der Waals surface area contributed by atoms with Gasteiger partial charge in [0.2, 0.25) is 0 Å². The second-order valence-electron chi connectivity index (χ2n) is 35.3. The van der Waals surface area contributed by atoms with Crippen LogP contribution in [0, 0.1) is 55.4 Å². The van der Waals surface area contributed by atoms with Gasteiger partial charge in [-0.15, -0.1) is 0 Å². The molecule has 38 heteroatoms. The molecule has 5 unspecified atom stereocenters. The number of hydrogen-bond donors (Lipinski definition) is 5. The predicted molar refractivity (Wildman–Crippen MR) is 575 cm³/mol. The molecular weight excluding hydrogens is 1980 g/mol. The third-order valence-electron chi connectivity index (χ3n) is 26.3. The molecule has 1 saturated carbocycles. The van der Waals surface area contributed by atoms with Gasteiger partial charge in [0.15, 0.2) is 11.3 Å². The van der Waals surface area contributed by atoms with E-state index in [0.29, 0.717) is 111 Å². The molecule has 738 valence electrons. The van der Waals surface area contributed by atoms with Crippen molar-refractivity contribution >= 4 is 136 Å². The van der Waals surface area contributed by atoms with Crippen LogP contribution < -0.4 is 59.6 Å². The summed E-state index contributed by atoms with van der Waals surface area (Å²) in [7, 11) is 4.93. The van der Waals surface area contributed by atoms with Crippen molar-refractivity contribution in [2.75, 3.05) is 50.0 Å². The molecule has 5 aromatic carbocycles. The van der Waals surface area contributed by atoms with Gasteiger partial charge in [0.25, 0.3) is 16.7 Å². The molecule has 15 heterocycles. The Morgan fingerprint density at radius 1 is 0.407 bits per heavy atom. The molecule has 1 fully saturated rings. The zero-order chi connectivity index (χ0) is 103. The molecular formula is C107H104BrCl4N27O6. The van der Waals surface area contributed by atoms with Gasteiger partial charge < -0.3 is 47.4 Å². The van der Waals surface area contributed by atoms with E-state index in [-0.39, 0.29) is 46.6 Å². The number of nitrogens with zero attached hydrogens (tertiary/aromatic N) is 22. The molecule has 0 radical (unpaired) electrons. The lowest BCUT2D eigenvalue weighted by Crippen LogP contribution is -2.27. The number of benzene rings is 5. The molecule has 0 aliphatic heterocycles. The molecule has 1 aliphatic rings. The smallest absolute Gasteiger partial charge is 0.262 e. The number of anilines is 5. The van der Waals surface area contributed by atoms with Crippen LogP contribution in [-0.2, 0) is 0 Å². The summed E-state index contributed by atoms with van der Waals surface area (Å²) in [6.07, 6.45) is 22.8. The minimum absolute atomic E-state index is 0.0785. The first kappa shape index (κ1) is 101. The molecule has 10 N–H and O–H groups in total. The zero-order valence-electron chi connectivity index (χ0n) is 82.2. The molecule has 15 aromatic heterocycles. The lowest BCUT2D eigenvalue weighted by Gasteiger charge is -2.22. The van der Waals surface area contributed by atoms with E-state index in [1.807, 2.05) is 241 Å². The fraction of sp³-hybridized carbons (Fsp3) is 0.224. The molecule has 145 heavy (non-hydrogen) atoms. The van der Waals surface area contributed by atoms with E-state index in [2.05, 4.69) is 94.2 Å². The van der Waals surface area contributed by atoms with Crippen LogP contribution in [0.4, 0.5) is 29.1 Å². The largest absolute Gasteiger partial charge is 0.496 e. The van der Waals surface area contributed by atoms with Crippen molar-refractivity contribution in [1.82, 2.24) is 106 Å². The van der Waals surface area contributed by atoms with Crippen LogP contribution in [0.5, 0.6) is 17.2 Å². The summed E-state index contributed by atoms with van der Waals surface area (Å²) in [5.74, 6) is 6.25. The van der Waals surface area contributed by atoms with Crippen molar-refractivity contribution < 1.29 is 14.2 Å². The van der Waals surface area contributed by atoms with Crippen molar-refractivity contribution in [3.8, 4) is 56.6 Å². The molecule has 0 bridgehead atoms. The van der Waals surface area contributed by atoms with Gasteiger partial charge in [-0.05, 0) is 189 Å². The lowest BCUT2D eigenvalue weighted by molar-refractivity contribution is 0.406. The number of ether oxygens (including phenoxy) is 3. The van der Waals surface area contributed by atoms with Gasteiger partial charge in [-0.25, -0.2) is 59.2 Å². The second kappa shape index (κ2) is 42.0. The van der Waals surface area contributed by atoms with Crippen molar-refractivity contribution in [2.45, 2.75) is 139 Å². The number of fused-ring (bicyclic) bond motifs is 5. The van der Waals surface area contributed by atoms with Gasteiger partial charge in [0.05, 0.1) is 111 Å². The fourth-order valence-electron chi connectivity index (χ4n) is 18.6. The first-order valence-electron chi connectivity index (χ1n) is 46.4. The highest BCUT2D eigenvalue weighted by Gasteiger charge is 2.35. The van der Waals surface area contributed by atoms with E-state index in [9.17, 15) is 14.4 Å². The van der Waals surface area contributed by atoms with E-state index in [0.717, 1.165) is 153 Å². The highest BCUT2D eigenvalue weighted by atomic mass is 79.9. The standard InChI is InChI=1S/C24H24ClN5O.C22H22ClN5O.C21H22N6O2.C20H17BrClN5O.C20H19ClN6O/c1-13(24-29-20(15-6-7-15)21-23(26)28-9-10-30(21)24)17-11-18(25)14(2)19(22(17)31-3)16-5-4-8-27-12-16;1-12(22-27-14(3)19-21(24)26-8-9-28(19)22)16-10-17(23)13(2)18(20(16)29-4)15-6-5-7-25-11-15;1-12-17(29-4)10-16(26(21(12)28)15-8-6-5-7-9-15)14(3)27-20-18(13(2)25-27)19(22)23-11-24-20;1-11-15(22)8-16(27(20(11)28)13-6-4-3-5-7-13)12(2)26-9-14(21)17-18(23)24-10-25-19(17)26;1-11-15(21)9-16(26(20(11)28)14-7-5-4-6-8-14)13(3)27-19-17(12(2)25-27)18(22)23-10-24-19/h4-5,8-13,15H,6-7H2,1-3H3,(H2,26,28);5-12H,1-4H3,(H2,24,26);5-11,14H,1-4H3,(H2,22,23,24);3-10,12H,1-2H3,(H2,23,24,25);4-10,13H,1-3H3,(H2,22,23,24). The Kier molecular flexibility index (Phi) is 29.2. The first-order chi connectivity index (χ1) is 69.7. The third-order valence-corrected chi connectivity index (χ3v) is 28.5. The quantitative estimate of drug-likeness (QED) is 0.0502. The molecule has 0 spiro atoms. The fourth-order valence-corrected chi connectivity index (χ4v) is 20.0. The Hall–Kier alpha value is -15.8. The van der Waals surface area contributed by atoms with Gasteiger partial charge in [-0.1, -0.05) is 127 Å². The maximum atomic E-state index is 13.2. The maximum absolute atomic E-state index is 13.2. The molecule has 20 aromatic rings. The predicted octanol–water partition coefficient (Wildman–Crippen LogP) is 20.9. The first-order valence-corrected chi connectivity index (χ1v) is 48.7. The Morgan fingerprint density at radius 2 is 0.800 bits per heavy atom. The highest BCUT2D eigenvalue weighted by molar-refractivity contribution is 9.10.